The number of hydrogen-bond donors (Lipinski definition) is 0. The van der Waals surface area contributed by atoms with E-state index in [0.29, 0.717) is 0 Å². The quantitative estimate of drug-likeness (QED) is 0.709. The molecule has 4 heterocycles. The van der Waals surface area contributed by atoms with Gasteiger partial charge in [-0.15, -0.1) is 0 Å². The molecule has 0 aromatic carbocycles. The van der Waals surface area contributed by atoms with Crippen LogP contribution in [0.4, 0.5) is 11.6 Å². The van der Waals surface area contributed by atoms with Gasteiger partial charge in [-0.2, -0.15) is 5.10 Å². The topological polar surface area (TPSA) is 72.1 Å². The molecule has 0 spiro atoms. The first-order valence-corrected chi connectivity index (χ1v) is 8.90. The first-order valence-electron chi connectivity index (χ1n) is 8.90. The minimum atomic E-state index is -0.0603. The molecule has 0 atom stereocenters. The van der Waals surface area contributed by atoms with Crippen molar-refractivity contribution in [3.63, 3.8) is 0 Å². The largest absolute Gasteiger partial charge is 0.352 e. The molecule has 3 aromatic rings. The number of hydrogen-bond acceptors (Lipinski definition) is 6. The molecule has 0 unspecified atom stereocenters. The number of anilines is 2. The van der Waals surface area contributed by atoms with Gasteiger partial charge in [-0.3, -0.25) is 4.79 Å². The molecular weight excluding hydrogens is 330 g/mol. The summed E-state index contributed by atoms with van der Waals surface area (Å²) in [5.74, 6) is 1.83. The van der Waals surface area contributed by atoms with Gasteiger partial charge in [0.15, 0.2) is 0 Å². The van der Waals surface area contributed by atoms with Crippen LogP contribution in [0.1, 0.15) is 19.9 Å². The summed E-state index contributed by atoms with van der Waals surface area (Å²) >= 11 is 0. The Balaban J connectivity index is 1.54. The molecule has 136 valence electrons. The van der Waals surface area contributed by atoms with Crippen LogP contribution in [-0.4, -0.2) is 50.5 Å². The van der Waals surface area contributed by atoms with E-state index in [0.717, 1.165) is 48.8 Å². The van der Waals surface area contributed by atoms with Gasteiger partial charge in [0.05, 0.1) is 11.4 Å². The van der Waals surface area contributed by atoms with Crippen molar-refractivity contribution in [3.05, 3.63) is 41.1 Å². The molecule has 0 N–H and O–H groups in total. The van der Waals surface area contributed by atoms with Crippen molar-refractivity contribution < 1.29 is 0 Å². The van der Waals surface area contributed by atoms with Gasteiger partial charge in [-0.25, -0.2) is 14.6 Å². The van der Waals surface area contributed by atoms with Crippen LogP contribution in [0.3, 0.4) is 0 Å². The highest BCUT2D eigenvalue weighted by Gasteiger charge is 2.22. The second-order valence-corrected chi connectivity index (χ2v) is 6.90. The molecule has 0 bridgehead atoms. The average molecular weight is 353 g/mol. The number of nitrogens with zero attached hydrogens (tertiary/aromatic N) is 7. The molecule has 0 radical (unpaired) electrons. The second-order valence-electron chi connectivity index (χ2n) is 6.90. The normalized spacial score (nSPS) is 15.2. The van der Waals surface area contributed by atoms with E-state index in [1.807, 2.05) is 37.7 Å². The Morgan fingerprint density at radius 1 is 1.00 bits per heavy atom. The predicted molar refractivity (Wildman–Crippen MR) is 102 cm³/mol. The molecule has 4 rings (SSSR count). The Kier molecular flexibility index (Phi) is 4.10. The molecule has 1 fully saturated rings. The molecule has 0 aliphatic carbocycles. The molecule has 3 aromatic heterocycles. The van der Waals surface area contributed by atoms with E-state index in [1.165, 1.54) is 0 Å². The molecule has 1 saturated heterocycles. The smallest absolute Gasteiger partial charge is 0.267 e. The van der Waals surface area contributed by atoms with Crippen molar-refractivity contribution in [3.8, 4) is 0 Å². The fourth-order valence-electron chi connectivity index (χ4n) is 3.42. The summed E-state index contributed by atoms with van der Waals surface area (Å²) in [6.45, 7) is 7.31. The van der Waals surface area contributed by atoms with Crippen molar-refractivity contribution in [2.75, 3.05) is 36.0 Å². The van der Waals surface area contributed by atoms with Crippen molar-refractivity contribution in [2.24, 2.45) is 7.05 Å². The lowest BCUT2D eigenvalue weighted by atomic mass is 10.2. The van der Waals surface area contributed by atoms with Crippen molar-refractivity contribution >= 4 is 22.7 Å². The highest BCUT2D eigenvalue weighted by Crippen LogP contribution is 2.25. The van der Waals surface area contributed by atoms with Gasteiger partial charge in [-0.1, -0.05) is 0 Å². The van der Waals surface area contributed by atoms with Crippen LogP contribution in [0.15, 0.2) is 35.5 Å². The fraction of sp³-hybridized carbons (Fsp3) is 0.444. The van der Waals surface area contributed by atoms with E-state index < -0.39 is 0 Å². The van der Waals surface area contributed by atoms with Crippen LogP contribution in [0.25, 0.3) is 11.0 Å². The fourth-order valence-corrected chi connectivity index (χ4v) is 3.42. The summed E-state index contributed by atoms with van der Waals surface area (Å²) in [6.07, 6.45) is 3.64. The van der Waals surface area contributed by atoms with Crippen LogP contribution in [0.5, 0.6) is 0 Å². The van der Waals surface area contributed by atoms with Gasteiger partial charge in [0.25, 0.3) is 5.56 Å². The number of piperazine rings is 1. The predicted octanol–water partition coefficient (Wildman–Crippen LogP) is 1.43. The number of aromatic nitrogens is 5. The third kappa shape index (κ3) is 2.81. The lowest BCUT2D eigenvalue weighted by molar-refractivity contribution is 0.497. The third-order valence-electron chi connectivity index (χ3n) is 4.84. The van der Waals surface area contributed by atoms with Crippen molar-refractivity contribution in [2.45, 2.75) is 19.9 Å². The summed E-state index contributed by atoms with van der Waals surface area (Å²) in [7, 11) is 1.99. The minimum Gasteiger partial charge on any atom is -0.352 e. The highest BCUT2D eigenvalue weighted by molar-refractivity contribution is 5.87. The Bertz CT molecular complexity index is 983. The summed E-state index contributed by atoms with van der Waals surface area (Å²) in [5, 5.41) is 5.61. The first-order chi connectivity index (χ1) is 12.5. The molecule has 1 aliphatic heterocycles. The molecule has 0 saturated carbocycles. The number of aryl methyl sites for hydroxylation is 1. The zero-order valence-electron chi connectivity index (χ0n) is 15.3. The van der Waals surface area contributed by atoms with Crippen molar-refractivity contribution in [1.29, 1.82) is 0 Å². The van der Waals surface area contributed by atoms with Gasteiger partial charge in [-0.05, 0) is 26.0 Å². The highest BCUT2D eigenvalue weighted by atomic mass is 16.1. The van der Waals surface area contributed by atoms with E-state index in [-0.39, 0.29) is 11.6 Å². The lowest BCUT2D eigenvalue weighted by Gasteiger charge is -2.36. The van der Waals surface area contributed by atoms with E-state index in [4.69, 9.17) is 0 Å². The summed E-state index contributed by atoms with van der Waals surface area (Å²) in [6, 6.07) is 5.54. The van der Waals surface area contributed by atoms with Crippen LogP contribution in [0.2, 0.25) is 0 Å². The van der Waals surface area contributed by atoms with E-state index in [1.54, 1.807) is 17.1 Å². The first kappa shape index (κ1) is 16.6. The number of rotatable bonds is 3. The van der Waals surface area contributed by atoms with Crippen LogP contribution in [-0.2, 0) is 7.05 Å². The molecular formula is C18H23N7O. The maximum atomic E-state index is 11.9. The van der Waals surface area contributed by atoms with Gasteiger partial charge in [0.1, 0.15) is 23.6 Å². The van der Waals surface area contributed by atoms with Gasteiger partial charge in [0, 0.05) is 45.5 Å². The van der Waals surface area contributed by atoms with Crippen LogP contribution in [0, 0.1) is 0 Å². The Morgan fingerprint density at radius 2 is 1.73 bits per heavy atom. The average Bonchev–Trinajstić information content (AvgIpc) is 3.03. The summed E-state index contributed by atoms with van der Waals surface area (Å²) in [4.78, 5) is 25.3. The molecule has 0 amide bonds. The summed E-state index contributed by atoms with van der Waals surface area (Å²) in [5.41, 5.74) is 0.887. The third-order valence-corrected chi connectivity index (χ3v) is 4.84. The van der Waals surface area contributed by atoms with E-state index in [9.17, 15) is 4.79 Å². The lowest BCUT2D eigenvalue weighted by Crippen LogP contribution is -2.47. The van der Waals surface area contributed by atoms with Crippen LogP contribution < -0.4 is 15.4 Å². The summed E-state index contributed by atoms with van der Waals surface area (Å²) < 4.78 is 3.55. The molecule has 26 heavy (non-hydrogen) atoms. The minimum absolute atomic E-state index is 0.0520. The van der Waals surface area contributed by atoms with E-state index >= 15 is 0 Å². The Hall–Kier alpha value is -2.90. The number of fused-ring (bicyclic) bond motifs is 1. The zero-order valence-corrected chi connectivity index (χ0v) is 15.3. The Morgan fingerprint density at radius 3 is 2.46 bits per heavy atom. The van der Waals surface area contributed by atoms with Gasteiger partial charge in [0.2, 0.25) is 0 Å². The van der Waals surface area contributed by atoms with Crippen molar-refractivity contribution in [1.82, 2.24) is 24.3 Å². The van der Waals surface area contributed by atoms with Gasteiger partial charge >= 0.3 is 0 Å². The standard InChI is InChI=1S/C18H23N7O/c1-13(2)25-16(26)5-4-15(21-25)23-8-10-24(11-9-23)18-14-6-7-22(3)17(14)19-12-20-18/h4-7,12-13H,8-11H2,1-3H3. The maximum Gasteiger partial charge on any atom is 0.267 e. The Labute approximate surface area is 151 Å². The molecule has 1 aliphatic rings. The zero-order chi connectivity index (χ0) is 18.3. The molecule has 8 heteroatoms. The SMILES string of the molecule is CC(C)n1nc(N2CCN(c3ncnc4c3ccn4C)CC2)ccc1=O. The maximum absolute atomic E-state index is 11.9. The molecule has 8 nitrogen and oxygen atoms in total. The monoisotopic (exact) mass is 353 g/mol. The van der Waals surface area contributed by atoms with Crippen LogP contribution >= 0.6 is 0 Å². The van der Waals surface area contributed by atoms with Gasteiger partial charge < -0.3 is 14.4 Å². The second kappa shape index (κ2) is 6.44. The van der Waals surface area contributed by atoms with E-state index in [2.05, 4.69) is 30.9 Å².